The summed E-state index contributed by atoms with van der Waals surface area (Å²) in [7, 11) is 0. The maximum atomic E-state index is 12.7. The number of nitrogens with one attached hydrogen (secondary N) is 1. The second kappa shape index (κ2) is 8.65. The molecule has 30 heavy (non-hydrogen) atoms. The van der Waals surface area contributed by atoms with E-state index < -0.39 is 0 Å². The molecule has 0 aliphatic rings. The summed E-state index contributed by atoms with van der Waals surface area (Å²) in [5.41, 5.74) is 2.09. The standard InChI is InChI=1S/C23H21N3O4/c1-15(2)29-18-11-9-16(10-12-18)23(27)24-19-7-4-3-6-17(19)14-21-25-22(26-30-21)20-8-5-13-28-20/h3-13,15H,14H2,1-2H3,(H,24,27). The lowest BCUT2D eigenvalue weighted by Gasteiger charge is -2.11. The van der Waals surface area contributed by atoms with Gasteiger partial charge in [0, 0.05) is 11.3 Å². The Morgan fingerprint density at radius 2 is 1.87 bits per heavy atom. The highest BCUT2D eigenvalue weighted by molar-refractivity contribution is 6.04. The van der Waals surface area contributed by atoms with E-state index in [4.69, 9.17) is 13.7 Å². The van der Waals surface area contributed by atoms with Crippen LogP contribution in [0.2, 0.25) is 0 Å². The number of amides is 1. The average Bonchev–Trinajstić information content (AvgIpc) is 3.41. The van der Waals surface area contributed by atoms with E-state index in [1.807, 2.05) is 38.1 Å². The van der Waals surface area contributed by atoms with Crippen LogP contribution in [0, 0.1) is 0 Å². The Bertz CT molecular complexity index is 1120. The molecule has 2 heterocycles. The number of rotatable bonds is 7. The summed E-state index contributed by atoms with van der Waals surface area (Å²) in [5, 5.41) is 6.90. The van der Waals surface area contributed by atoms with Crippen molar-refractivity contribution in [2.45, 2.75) is 26.4 Å². The molecule has 0 aliphatic heterocycles. The number of nitrogens with zero attached hydrogens (tertiary/aromatic N) is 2. The van der Waals surface area contributed by atoms with E-state index in [1.165, 1.54) is 0 Å². The van der Waals surface area contributed by atoms with Gasteiger partial charge in [-0.05, 0) is 61.9 Å². The first-order valence-electron chi connectivity index (χ1n) is 9.61. The lowest BCUT2D eigenvalue weighted by atomic mass is 10.1. The minimum Gasteiger partial charge on any atom is -0.491 e. The Morgan fingerprint density at radius 3 is 2.60 bits per heavy atom. The third kappa shape index (κ3) is 4.57. The van der Waals surface area contributed by atoms with Crippen LogP contribution in [0.3, 0.4) is 0 Å². The van der Waals surface area contributed by atoms with Gasteiger partial charge in [0.1, 0.15) is 5.75 Å². The monoisotopic (exact) mass is 403 g/mol. The largest absolute Gasteiger partial charge is 0.491 e. The van der Waals surface area contributed by atoms with Gasteiger partial charge in [0.2, 0.25) is 11.7 Å². The van der Waals surface area contributed by atoms with Crippen LogP contribution in [0.4, 0.5) is 5.69 Å². The summed E-state index contributed by atoms with van der Waals surface area (Å²) in [6.45, 7) is 3.91. The van der Waals surface area contributed by atoms with Crippen molar-refractivity contribution in [2.75, 3.05) is 5.32 Å². The quantitative estimate of drug-likeness (QED) is 0.469. The zero-order valence-corrected chi connectivity index (χ0v) is 16.7. The molecule has 0 spiro atoms. The van der Waals surface area contributed by atoms with Crippen LogP contribution in [0.5, 0.6) is 5.75 Å². The van der Waals surface area contributed by atoms with Gasteiger partial charge in [-0.2, -0.15) is 4.98 Å². The molecule has 0 saturated heterocycles. The molecule has 0 saturated carbocycles. The van der Waals surface area contributed by atoms with Gasteiger partial charge in [-0.1, -0.05) is 23.4 Å². The summed E-state index contributed by atoms with van der Waals surface area (Å²) in [6, 6.07) is 18.1. The molecule has 152 valence electrons. The van der Waals surface area contributed by atoms with Crippen LogP contribution in [0.25, 0.3) is 11.6 Å². The number of anilines is 1. The van der Waals surface area contributed by atoms with Gasteiger partial charge < -0.3 is 19.0 Å². The van der Waals surface area contributed by atoms with Gasteiger partial charge in [0.25, 0.3) is 5.91 Å². The van der Waals surface area contributed by atoms with Crippen LogP contribution in [-0.4, -0.2) is 22.2 Å². The fourth-order valence-electron chi connectivity index (χ4n) is 2.94. The molecule has 0 aliphatic carbocycles. The van der Waals surface area contributed by atoms with E-state index in [0.29, 0.717) is 35.1 Å². The first-order valence-corrected chi connectivity index (χ1v) is 9.61. The van der Waals surface area contributed by atoms with Gasteiger partial charge in [-0.25, -0.2) is 0 Å². The highest BCUT2D eigenvalue weighted by Crippen LogP contribution is 2.22. The highest BCUT2D eigenvalue weighted by atomic mass is 16.5. The minimum absolute atomic E-state index is 0.0783. The van der Waals surface area contributed by atoms with Crippen molar-refractivity contribution in [3.8, 4) is 17.3 Å². The van der Waals surface area contributed by atoms with Crippen molar-refractivity contribution in [1.82, 2.24) is 10.1 Å². The number of ether oxygens (including phenoxy) is 1. The Labute approximate surface area is 173 Å². The summed E-state index contributed by atoms with van der Waals surface area (Å²) in [4.78, 5) is 17.1. The molecule has 0 fully saturated rings. The van der Waals surface area contributed by atoms with Crippen molar-refractivity contribution < 1.29 is 18.5 Å². The number of furan rings is 1. The number of para-hydroxylation sites is 1. The predicted octanol–water partition coefficient (Wildman–Crippen LogP) is 4.96. The van der Waals surface area contributed by atoms with Crippen LogP contribution < -0.4 is 10.1 Å². The fourth-order valence-corrected chi connectivity index (χ4v) is 2.94. The maximum Gasteiger partial charge on any atom is 0.255 e. The van der Waals surface area contributed by atoms with E-state index in [2.05, 4.69) is 15.5 Å². The third-order valence-corrected chi connectivity index (χ3v) is 4.31. The molecule has 2 aromatic carbocycles. The molecule has 4 rings (SSSR count). The van der Waals surface area contributed by atoms with E-state index in [-0.39, 0.29) is 12.0 Å². The summed E-state index contributed by atoms with van der Waals surface area (Å²) >= 11 is 0. The van der Waals surface area contributed by atoms with Crippen molar-refractivity contribution in [3.05, 3.63) is 83.9 Å². The SMILES string of the molecule is CC(C)Oc1ccc(C(=O)Nc2ccccc2Cc2nc(-c3ccco3)no2)cc1. The zero-order valence-electron chi connectivity index (χ0n) is 16.7. The number of aromatic nitrogens is 2. The number of carbonyl (C=O) groups excluding carboxylic acids is 1. The van der Waals surface area contributed by atoms with Gasteiger partial charge in [-0.3, -0.25) is 4.79 Å². The molecule has 0 unspecified atom stereocenters. The second-order valence-corrected chi connectivity index (χ2v) is 6.97. The van der Waals surface area contributed by atoms with Gasteiger partial charge in [0.05, 0.1) is 18.8 Å². The van der Waals surface area contributed by atoms with Crippen molar-refractivity contribution in [3.63, 3.8) is 0 Å². The summed E-state index contributed by atoms with van der Waals surface area (Å²) in [6.07, 6.45) is 2.01. The van der Waals surface area contributed by atoms with Gasteiger partial charge in [-0.15, -0.1) is 0 Å². The Balaban J connectivity index is 1.47. The molecule has 1 N–H and O–H groups in total. The van der Waals surface area contributed by atoms with E-state index >= 15 is 0 Å². The molecule has 0 atom stereocenters. The van der Waals surface area contributed by atoms with Gasteiger partial charge in [0.15, 0.2) is 5.76 Å². The molecular weight excluding hydrogens is 382 g/mol. The minimum atomic E-state index is -0.208. The van der Waals surface area contributed by atoms with Crippen molar-refractivity contribution >= 4 is 11.6 Å². The third-order valence-electron chi connectivity index (χ3n) is 4.31. The molecule has 7 heteroatoms. The number of carbonyl (C=O) groups is 1. The molecule has 2 aromatic heterocycles. The number of hydrogen-bond donors (Lipinski definition) is 1. The molecule has 0 bridgehead atoms. The first kappa shape index (κ1) is 19.4. The molecule has 7 nitrogen and oxygen atoms in total. The molecule has 1 amide bonds. The van der Waals surface area contributed by atoms with Crippen LogP contribution in [0.1, 0.15) is 35.7 Å². The fraction of sp³-hybridized carbons (Fsp3) is 0.174. The van der Waals surface area contributed by atoms with Crippen LogP contribution >= 0.6 is 0 Å². The first-order chi connectivity index (χ1) is 14.6. The van der Waals surface area contributed by atoms with Crippen molar-refractivity contribution in [2.24, 2.45) is 0 Å². The Morgan fingerprint density at radius 1 is 1.07 bits per heavy atom. The maximum absolute atomic E-state index is 12.7. The van der Waals surface area contributed by atoms with E-state index in [1.54, 1.807) is 42.7 Å². The van der Waals surface area contributed by atoms with Crippen LogP contribution in [-0.2, 0) is 6.42 Å². The van der Waals surface area contributed by atoms with Gasteiger partial charge >= 0.3 is 0 Å². The smallest absolute Gasteiger partial charge is 0.255 e. The van der Waals surface area contributed by atoms with Crippen LogP contribution in [0.15, 0.2) is 75.9 Å². The molecule has 0 radical (unpaired) electrons. The highest BCUT2D eigenvalue weighted by Gasteiger charge is 2.14. The molecular formula is C23H21N3O4. The number of benzene rings is 2. The van der Waals surface area contributed by atoms with E-state index in [9.17, 15) is 4.79 Å². The van der Waals surface area contributed by atoms with E-state index in [0.717, 1.165) is 11.3 Å². The predicted molar refractivity (Wildman–Crippen MR) is 111 cm³/mol. The number of hydrogen-bond acceptors (Lipinski definition) is 6. The van der Waals surface area contributed by atoms with Crippen molar-refractivity contribution in [1.29, 1.82) is 0 Å². The second-order valence-electron chi connectivity index (χ2n) is 6.97. The summed E-state index contributed by atoms with van der Waals surface area (Å²) in [5.74, 6) is 1.88. The normalized spacial score (nSPS) is 10.9. The summed E-state index contributed by atoms with van der Waals surface area (Å²) < 4.78 is 16.2. The Hall–Kier alpha value is -3.87. The lowest BCUT2D eigenvalue weighted by Crippen LogP contribution is -2.13. The lowest BCUT2D eigenvalue weighted by molar-refractivity contribution is 0.102. The average molecular weight is 403 g/mol. The topological polar surface area (TPSA) is 90.4 Å². The zero-order chi connectivity index (χ0) is 20.9. The Kier molecular flexibility index (Phi) is 5.61. The molecule has 4 aromatic rings.